The second-order valence-corrected chi connectivity index (χ2v) is 8.91. The SMILES string of the molecule is NC(=O)c1cnc2ccsc2c1NCCc1cnc(NC(=O)Nc2cccc(Cl)c2)s1. The number of anilines is 3. The Balaban J connectivity index is 1.35. The van der Waals surface area contributed by atoms with Gasteiger partial charge < -0.3 is 16.4 Å². The number of thiazole rings is 1. The van der Waals surface area contributed by atoms with Crippen LogP contribution in [0.4, 0.5) is 21.3 Å². The van der Waals surface area contributed by atoms with Crippen molar-refractivity contribution in [3.63, 3.8) is 0 Å². The monoisotopic (exact) mass is 472 g/mol. The topological polar surface area (TPSA) is 122 Å². The number of fused-ring (bicyclic) bond motifs is 1. The smallest absolute Gasteiger partial charge is 0.325 e. The van der Waals surface area contributed by atoms with Gasteiger partial charge in [0, 0.05) is 40.9 Å². The van der Waals surface area contributed by atoms with Crippen LogP contribution in [0.5, 0.6) is 0 Å². The molecule has 0 saturated heterocycles. The molecule has 3 heterocycles. The molecule has 0 radical (unpaired) electrons. The standard InChI is InChI=1S/C20H17ClN6O2S2/c21-11-2-1-3-12(8-11)26-19(29)27-20-25-9-13(31-20)4-6-23-16-14(18(22)28)10-24-15-5-7-30-17(15)16/h1-3,5,7-10H,4,6H2,(H2,22,28)(H,23,24)(H2,25,26,27,29). The number of amides is 3. The Hall–Kier alpha value is -3.21. The summed E-state index contributed by atoms with van der Waals surface area (Å²) in [4.78, 5) is 33.4. The number of nitrogens with one attached hydrogen (secondary N) is 3. The van der Waals surface area contributed by atoms with E-state index < -0.39 is 11.9 Å². The number of primary amides is 1. The molecule has 0 unspecified atom stereocenters. The first kappa shape index (κ1) is 21.0. The molecule has 0 fully saturated rings. The number of nitrogens with zero attached hydrogens (tertiary/aromatic N) is 2. The lowest BCUT2D eigenvalue weighted by Gasteiger charge is -2.10. The molecule has 3 amide bonds. The lowest BCUT2D eigenvalue weighted by molar-refractivity contribution is 0.100. The molecule has 5 N–H and O–H groups in total. The van der Waals surface area contributed by atoms with Crippen molar-refractivity contribution in [2.24, 2.45) is 5.73 Å². The largest absolute Gasteiger partial charge is 0.383 e. The van der Waals surface area contributed by atoms with Crippen molar-refractivity contribution in [3.05, 3.63) is 63.6 Å². The molecule has 158 valence electrons. The van der Waals surface area contributed by atoms with Crippen molar-refractivity contribution in [2.45, 2.75) is 6.42 Å². The maximum Gasteiger partial charge on any atom is 0.325 e. The highest BCUT2D eigenvalue weighted by Crippen LogP contribution is 2.30. The van der Waals surface area contributed by atoms with E-state index in [1.807, 2.05) is 11.4 Å². The summed E-state index contributed by atoms with van der Waals surface area (Å²) in [5.74, 6) is -0.528. The first-order chi connectivity index (χ1) is 15.0. The highest BCUT2D eigenvalue weighted by molar-refractivity contribution is 7.17. The molecule has 0 spiro atoms. The first-order valence-corrected chi connectivity index (χ1v) is 11.2. The number of nitrogens with two attached hydrogens (primary N) is 1. The Kier molecular flexibility index (Phi) is 6.31. The van der Waals surface area contributed by atoms with Crippen molar-refractivity contribution in [3.8, 4) is 0 Å². The number of hydrogen-bond donors (Lipinski definition) is 4. The van der Waals surface area contributed by atoms with Gasteiger partial charge in [0.1, 0.15) is 0 Å². The molecular weight excluding hydrogens is 456 g/mol. The lowest BCUT2D eigenvalue weighted by Crippen LogP contribution is -2.19. The van der Waals surface area contributed by atoms with E-state index in [-0.39, 0.29) is 0 Å². The Morgan fingerprint density at radius 1 is 1.13 bits per heavy atom. The van der Waals surface area contributed by atoms with E-state index in [1.54, 1.807) is 30.5 Å². The van der Waals surface area contributed by atoms with E-state index >= 15 is 0 Å². The molecule has 0 atom stereocenters. The third-order valence-corrected chi connectivity index (χ3v) is 6.40. The summed E-state index contributed by atoms with van der Waals surface area (Å²) in [6.07, 6.45) is 3.86. The highest BCUT2D eigenvalue weighted by atomic mass is 35.5. The van der Waals surface area contributed by atoms with Crippen molar-refractivity contribution in [2.75, 3.05) is 22.5 Å². The third kappa shape index (κ3) is 5.10. The summed E-state index contributed by atoms with van der Waals surface area (Å²) in [5.41, 5.74) is 7.95. The van der Waals surface area contributed by atoms with Crippen LogP contribution < -0.4 is 21.7 Å². The molecule has 31 heavy (non-hydrogen) atoms. The number of aromatic nitrogens is 2. The Labute approximate surface area is 190 Å². The van der Waals surface area contributed by atoms with Gasteiger partial charge >= 0.3 is 6.03 Å². The number of carbonyl (C=O) groups excluding carboxylic acids is 2. The first-order valence-electron chi connectivity index (χ1n) is 9.18. The van der Waals surface area contributed by atoms with Crippen LogP contribution in [0.25, 0.3) is 10.2 Å². The normalized spacial score (nSPS) is 10.7. The summed E-state index contributed by atoms with van der Waals surface area (Å²) in [5, 5.41) is 11.7. The average molecular weight is 473 g/mol. The number of rotatable bonds is 7. The van der Waals surface area contributed by atoms with Crippen molar-refractivity contribution < 1.29 is 9.59 Å². The van der Waals surface area contributed by atoms with Crippen LogP contribution >= 0.6 is 34.3 Å². The summed E-state index contributed by atoms with van der Waals surface area (Å²) in [7, 11) is 0. The second kappa shape index (κ2) is 9.29. The molecule has 0 aliphatic rings. The third-order valence-electron chi connectivity index (χ3n) is 4.27. The van der Waals surface area contributed by atoms with E-state index in [9.17, 15) is 9.59 Å². The van der Waals surface area contributed by atoms with Crippen molar-refractivity contribution in [1.82, 2.24) is 9.97 Å². The molecule has 3 aromatic heterocycles. The molecule has 4 rings (SSSR count). The van der Waals surface area contributed by atoms with Gasteiger partial charge in [-0.1, -0.05) is 17.7 Å². The second-order valence-electron chi connectivity index (χ2n) is 6.44. The Morgan fingerprint density at radius 3 is 2.81 bits per heavy atom. The molecule has 11 heteroatoms. The predicted molar refractivity (Wildman–Crippen MR) is 127 cm³/mol. The lowest BCUT2D eigenvalue weighted by atomic mass is 10.2. The summed E-state index contributed by atoms with van der Waals surface area (Å²) in [6, 6.07) is 8.38. The van der Waals surface area contributed by atoms with E-state index in [0.29, 0.717) is 40.1 Å². The van der Waals surface area contributed by atoms with Gasteiger partial charge in [-0.05, 0) is 29.6 Å². The highest BCUT2D eigenvalue weighted by Gasteiger charge is 2.14. The Morgan fingerprint density at radius 2 is 2.00 bits per heavy atom. The maximum atomic E-state index is 12.1. The zero-order chi connectivity index (χ0) is 21.8. The molecule has 0 aliphatic heterocycles. The molecule has 0 bridgehead atoms. The van der Waals surface area contributed by atoms with Crippen LogP contribution in [0.1, 0.15) is 15.2 Å². The van der Waals surface area contributed by atoms with E-state index in [4.69, 9.17) is 17.3 Å². The zero-order valence-electron chi connectivity index (χ0n) is 16.0. The number of benzene rings is 1. The van der Waals surface area contributed by atoms with Crippen molar-refractivity contribution in [1.29, 1.82) is 0 Å². The van der Waals surface area contributed by atoms with Gasteiger partial charge in [0.05, 0.1) is 21.5 Å². The summed E-state index contributed by atoms with van der Waals surface area (Å²) < 4.78 is 0.889. The summed E-state index contributed by atoms with van der Waals surface area (Å²) >= 11 is 8.80. The minimum atomic E-state index is -0.528. The molecule has 1 aromatic carbocycles. The Bertz CT molecular complexity index is 1260. The zero-order valence-corrected chi connectivity index (χ0v) is 18.4. The summed E-state index contributed by atoms with van der Waals surface area (Å²) in [6.45, 7) is 0.563. The van der Waals surface area contributed by atoms with Crippen LogP contribution in [0.3, 0.4) is 0 Å². The van der Waals surface area contributed by atoms with Gasteiger partial charge in [0.15, 0.2) is 5.13 Å². The van der Waals surface area contributed by atoms with Gasteiger partial charge in [0.2, 0.25) is 0 Å². The number of thiophene rings is 1. The molecule has 0 aliphatic carbocycles. The van der Waals surface area contributed by atoms with E-state index in [0.717, 1.165) is 15.1 Å². The van der Waals surface area contributed by atoms with Crippen LogP contribution in [0, 0.1) is 0 Å². The average Bonchev–Trinajstić information content (AvgIpc) is 3.37. The maximum absolute atomic E-state index is 12.1. The van der Waals surface area contributed by atoms with E-state index in [1.165, 1.54) is 28.9 Å². The predicted octanol–water partition coefficient (Wildman–Crippen LogP) is 4.80. The van der Waals surface area contributed by atoms with Gasteiger partial charge in [-0.25, -0.2) is 9.78 Å². The quantitative estimate of drug-likeness (QED) is 0.307. The van der Waals surface area contributed by atoms with Gasteiger partial charge in [-0.3, -0.25) is 15.1 Å². The molecule has 0 saturated carbocycles. The van der Waals surface area contributed by atoms with Crippen LogP contribution in [0.2, 0.25) is 5.02 Å². The van der Waals surface area contributed by atoms with Gasteiger partial charge in [0.25, 0.3) is 5.91 Å². The molecule has 8 nitrogen and oxygen atoms in total. The fraction of sp³-hybridized carbons (Fsp3) is 0.100. The van der Waals surface area contributed by atoms with Gasteiger partial charge in [-0.15, -0.1) is 22.7 Å². The number of hydrogen-bond acceptors (Lipinski definition) is 7. The van der Waals surface area contributed by atoms with Gasteiger partial charge in [-0.2, -0.15) is 0 Å². The fourth-order valence-electron chi connectivity index (χ4n) is 2.89. The number of carbonyl (C=O) groups is 2. The molecule has 4 aromatic rings. The minimum absolute atomic E-state index is 0.360. The fourth-order valence-corrected chi connectivity index (χ4v) is 4.76. The van der Waals surface area contributed by atoms with Crippen molar-refractivity contribution >= 4 is 72.9 Å². The van der Waals surface area contributed by atoms with Crippen LogP contribution in [-0.4, -0.2) is 28.5 Å². The minimum Gasteiger partial charge on any atom is -0.383 e. The number of halogens is 1. The number of pyridine rings is 1. The van der Waals surface area contributed by atoms with Crippen LogP contribution in [-0.2, 0) is 6.42 Å². The van der Waals surface area contributed by atoms with Crippen LogP contribution in [0.15, 0.2) is 48.1 Å². The van der Waals surface area contributed by atoms with E-state index in [2.05, 4.69) is 25.9 Å². The molecular formula is C20H17ClN6O2S2. The number of urea groups is 1.